The van der Waals surface area contributed by atoms with Crippen LogP contribution >= 0.6 is 15.9 Å². The highest BCUT2D eigenvalue weighted by Crippen LogP contribution is 2.21. The van der Waals surface area contributed by atoms with Gasteiger partial charge in [0, 0.05) is 17.3 Å². The molecule has 0 heterocycles. The van der Waals surface area contributed by atoms with Gasteiger partial charge in [-0.05, 0) is 25.1 Å². The number of nitrogens with one attached hydrogen (secondary N) is 1. The zero-order valence-electron chi connectivity index (χ0n) is 9.29. The quantitative estimate of drug-likeness (QED) is 0.928. The normalized spacial score (nSPS) is 9.47. The molecular formula is C12H11BrN2O2. The second-order valence-corrected chi connectivity index (χ2v) is 4.47. The molecule has 0 aliphatic rings. The average molecular weight is 295 g/mol. The highest BCUT2D eigenvalue weighted by atomic mass is 79.9. The monoisotopic (exact) mass is 294 g/mol. The van der Waals surface area contributed by atoms with Crippen LogP contribution in [0, 0.1) is 11.3 Å². The Hall–Kier alpha value is -1.67. The molecule has 1 aromatic carbocycles. The molecule has 1 aromatic rings. The van der Waals surface area contributed by atoms with E-state index in [4.69, 9.17) is 5.26 Å². The van der Waals surface area contributed by atoms with Crippen molar-refractivity contribution in [2.45, 2.75) is 19.8 Å². The summed E-state index contributed by atoms with van der Waals surface area (Å²) in [6, 6.07) is 6.99. The Morgan fingerprint density at radius 1 is 1.41 bits per heavy atom. The van der Waals surface area contributed by atoms with Crippen LogP contribution in [0.15, 0.2) is 22.7 Å². The van der Waals surface area contributed by atoms with Crippen LogP contribution in [0.25, 0.3) is 0 Å². The van der Waals surface area contributed by atoms with E-state index in [-0.39, 0.29) is 24.5 Å². The molecule has 0 radical (unpaired) electrons. The minimum Gasteiger partial charge on any atom is -0.325 e. The fourth-order valence-corrected chi connectivity index (χ4v) is 1.58. The summed E-state index contributed by atoms with van der Waals surface area (Å²) in [6.07, 6.45) is 0.342. The molecule has 5 heteroatoms. The summed E-state index contributed by atoms with van der Waals surface area (Å²) >= 11 is 3.26. The number of halogens is 1. The van der Waals surface area contributed by atoms with Crippen LogP contribution in [0.4, 0.5) is 5.69 Å². The molecule has 1 amide bonds. The van der Waals surface area contributed by atoms with Crippen molar-refractivity contribution in [3.05, 3.63) is 28.2 Å². The Morgan fingerprint density at radius 3 is 2.71 bits per heavy atom. The van der Waals surface area contributed by atoms with E-state index in [1.807, 2.05) is 6.07 Å². The zero-order valence-corrected chi connectivity index (χ0v) is 10.9. The molecule has 0 aliphatic heterocycles. The van der Waals surface area contributed by atoms with Gasteiger partial charge in [0.1, 0.15) is 11.9 Å². The zero-order chi connectivity index (χ0) is 12.8. The number of carbonyl (C=O) groups excluding carboxylic acids is 2. The van der Waals surface area contributed by atoms with Crippen LogP contribution < -0.4 is 5.32 Å². The molecule has 17 heavy (non-hydrogen) atoms. The third kappa shape index (κ3) is 4.37. The predicted octanol–water partition coefficient (Wildman–Crippen LogP) is 2.63. The number of nitrogens with zero attached hydrogens (tertiary/aromatic N) is 1. The van der Waals surface area contributed by atoms with Crippen molar-refractivity contribution in [2.24, 2.45) is 0 Å². The van der Waals surface area contributed by atoms with Gasteiger partial charge in [-0.1, -0.05) is 15.9 Å². The molecule has 0 spiro atoms. The van der Waals surface area contributed by atoms with E-state index in [0.29, 0.717) is 11.3 Å². The second-order valence-electron chi connectivity index (χ2n) is 3.55. The summed E-state index contributed by atoms with van der Waals surface area (Å²) in [5, 5.41) is 11.5. The fraction of sp³-hybridized carbons (Fsp3) is 0.250. The minimum absolute atomic E-state index is 0.0325. The van der Waals surface area contributed by atoms with Gasteiger partial charge in [0.05, 0.1) is 11.3 Å². The molecule has 88 valence electrons. The molecule has 1 rings (SSSR count). The van der Waals surface area contributed by atoms with E-state index in [2.05, 4.69) is 21.2 Å². The summed E-state index contributed by atoms with van der Waals surface area (Å²) < 4.78 is 0.776. The van der Waals surface area contributed by atoms with Gasteiger partial charge >= 0.3 is 0 Å². The van der Waals surface area contributed by atoms with Crippen molar-refractivity contribution in [1.82, 2.24) is 0 Å². The smallest absolute Gasteiger partial charge is 0.224 e. The molecule has 0 fully saturated rings. The summed E-state index contributed by atoms with van der Waals surface area (Å²) in [7, 11) is 0. The molecule has 1 N–H and O–H groups in total. The van der Waals surface area contributed by atoms with E-state index in [0.717, 1.165) is 4.47 Å². The van der Waals surface area contributed by atoms with E-state index < -0.39 is 0 Å². The van der Waals surface area contributed by atoms with Gasteiger partial charge < -0.3 is 10.1 Å². The molecule has 0 aromatic heterocycles. The number of hydrogen-bond acceptors (Lipinski definition) is 3. The number of rotatable bonds is 4. The number of hydrogen-bond donors (Lipinski definition) is 1. The Bertz CT molecular complexity index is 492. The Morgan fingerprint density at radius 2 is 2.12 bits per heavy atom. The minimum atomic E-state index is -0.269. The lowest BCUT2D eigenvalue weighted by Gasteiger charge is -2.06. The first-order valence-corrected chi connectivity index (χ1v) is 5.81. The lowest BCUT2D eigenvalue weighted by atomic mass is 10.2. The number of Topliss-reactive ketones (excluding diaryl/α,β-unsaturated/α-hetero) is 1. The van der Waals surface area contributed by atoms with Gasteiger partial charge in [-0.25, -0.2) is 0 Å². The molecule has 0 atom stereocenters. The summed E-state index contributed by atoms with van der Waals surface area (Å²) in [6.45, 7) is 1.44. The van der Waals surface area contributed by atoms with Crippen LogP contribution in [0.2, 0.25) is 0 Å². The third-order valence-electron chi connectivity index (χ3n) is 2.08. The maximum Gasteiger partial charge on any atom is 0.224 e. The first-order chi connectivity index (χ1) is 8.02. The van der Waals surface area contributed by atoms with Crippen molar-refractivity contribution in [1.29, 1.82) is 5.26 Å². The van der Waals surface area contributed by atoms with Crippen molar-refractivity contribution < 1.29 is 9.59 Å². The largest absolute Gasteiger partial charge is 0.325 e. The Kier molecular flexibility index (Phi) is 4.85. The van der Waals surface area contributed by atoms with Crippen LogP contribution in [-0.2, 0) is 9.59 Å². The standard InChI is InChI=1S/C12H11BrN2O2/c1-8(16)2-5-12(17)15-11-6-10(13)4-3-9(11)7-14/h3-4,6H,2,5H2,1H3,(H,15,17). The van der Waals surface area contributed by atoms with Crippen LogP contribution in [0.1, 0.15) is 25.3 Å². The number of benzene rings is 1. The number of carbonyl (C=O) groups is 2. The van der Waals surface area contributed by atoms with Gasteiger partial charge in [-0.2, -0.15) is 5.26 Å². The van der Waals surface area contributed by atoms with Gasteiger partial charge in [0.25, 0.3) is 0 Å². The maximum absolute atomic E-state index is 11.5. The maximum atomic E-state index is 11.5. The fourth-order valence-electron chi connectivity index (χ4n) is 1.22. The van der Waals surface area contributed by atoms with Crippen LogP contribution in [0.5, 0.6) is 0 Å². The summed E-state index contributed by atoms with van der Waals surface area (Å²) in [4.78, 5) is 22.2. The summed E-state index contributed by atoms with van der Waals surface area (Å²) in [5.74, 6) is -0.301. The van der Waals surface area contributed by atoms with E-state index in [9.17, 15) is 9.59 Å². The topological polar surface area (TPSA) is 70.0 Å². The SMILES string of the molecule is CC(=O)CCC(=O)Nc1cc(Br)ccc1C#N. The number of amides is 1. The Labute approximate surface area is 108 Å². The molecular weight excluding hydrogens is 284 g/mol. The van der Waals surface area contributed by atoms with Gasteiger partial charge in [-0.3, -0.25) is 4.79 Å². The molecule has 0 aliphatic carbocycles. The van der Waals surface area contributed by atoms with Crippen LogP contribution in [-0.4, -0.2) is 11.7 Å². The molecule has 4 nitrogen and oxygen atoms in total. The Balaban J connectivity index is 2.74. The van der Waals surface area contributed by atoms with Crippen molar-refractivity contribution >= 4 is 33.3 Å². The lowest BCUT2D eigenvalue weighted by molar-refractivity contribution is -0.121. The number of anilines is 1. The van der Waals surface area contributed by atoms with Gasteiger partial charge in [0.15, 0.2) is 0 Å². The summed E-state index contributed by atoms with van der Waals surface area (Å²) in [5.41, 5.74) is 0.847. The van der Waals surface area contributed by atoms with Crippen LogP contribution in [0.3, 0.4) is 0 Å². The number of ketones is 1. The first kappa shape index (κ1) is 13.4. The predicted molar refractivity (Wildman–Crippen MR) is 67.4 cm³/mol. The average Bonchev–Trinajstić information content (AvgIpc) is 2.27. The number of nitriles is 1. The first-order valence-electron chi connectivity index (χ1n) is 5.02. The van der Waals surface area contributed by atoms with Crippen molar-refractivity contribution in [3.8, 4) is 6.07 Å². The molecule has 0 unspecified atom stereocenters. The molecule has 0 saturated heterocycles. The molecule has 0 bridgehead atoms. The lowest BCUT2D eigenvalue weighted by Crippen LogP contribution is -2.13. The highest BCUT2D eigenvalue weighted by Gasteiger charge is 2.08. The van der Waals surface area contributed by atoms with E-state index in [1.54, 1.807) is 18.2 Å². The molecule has 0 saturated carbocycles. The van der Waals surface area contributed by atoms with Crippen molar-refractivity contribution in [2.75, 3.05) is 5.32 Å². The van der Waals surface area contributed by atoms with E-state index in [1.165, 1.54) is 6.92 Å². The third-order valence-corrected chi connectivity index (χ3v) is 2.57. The highest BCUT2D eigenvalue weighted by molar-refractivity contribution is 9.10. The van der Waals surface area contributed by atoms with E-state index >= 15 is 0 Å². The van der Waals surface area contributed by atoms with Crippen molar-refractivity contribution in [3.63, 3.8) is 0 Å². The second kappa shape index (κ2) is 6.16. The van der Waals surface area contributed by atoms with Gasteiger partial charge in [-0.15, -0.1) is 0 Å². The van der Waals surface area contributed by atoms with Gasteiger partial charge in [0.2, 0.25) is 5.91 Å².